The molecule has 0 aliphatic rings. The van der Waals surface area contributed by atoms with Crippen LogP contribution in [0.3, 0.4) is 0 Å². The molecule has 0 spiro atoms. The summed E-state index contributed by atoms with van der Waals surface area (Å²) < 4.78 is 6.76. The van der Waals surface area contributed by atoms with Crippen molar-refractivity contribution < 1.29 is 4.74 Å². The Morgan fingerprint density at radius 1 is 1.12 bits per heavy atom. The topological polar surface area (TPSA) is 35.2 Å². The molecule has 0 radical (unpaired) electrons. The van der Waals surface area contributed by atoms with Crippen LogP contribution < -0.4 is 10.5 Å². The van der Waals surface area contributed by atoms with Crippen LogP contribution in [0.25, 0.3) is 0 Å². The first kappa shape index (κ1) is 12.3. The SMILES string of the molecule is Cc1cc(Br)ccc1Oc1ccc(N)cc1Cl. The van der Waals surface area contributed by atoms with Gasteiger partial charge in [0.25, 0.3) is 0 Å². The summed E-state index contributed by atoms with van der Waals surface area (Å²) in [6.45, 7) is 1.98. The number of nitrogen functional groups attached to an aromatic ring is 1. The number of halogens is 2. The number of hydrogen-bond donors (Lipinski definition) is 1. The van der Waals surface area contributed by atoms with Crippen LogP contribution in [-0.2, 0) is 0 Å². The van der Waals surface area contributed by atoms with Gasteiger partial charge in [0, 0.05) is 10.2 Å². The van der Waals surface area contributed by atoms with E-state index >= 15 is 0 Å². The van der Waals surface area contributed by atoms with E-state index in [-0.39, 0.29) is 0 Å². The van der Waals surface area contributed by atoms with Gasteiger partial charge in [0.15, 0.2) is 0 Å². The molecule has 17 heavy (non-hydrogen) atoms. The number of nitrogens with two attached hydrogens (primary N) is 1. The van der Waals surface area contributed by atoms with Crippen LogP contribution in [0.1, 0.15) is 5.56 Å². The third-order valence-electron chi connectivity index (χ3n) is 2.31. The van der Waals surface area contributed by atoms with E-state index in [4.69, 9.17) is 22.1 Å². The highest BCUT2D eigenvalue weighted by molar-refractivity contribution is 9.10. The van der Waals surface area contributed by atoms with Crippen molar-refractivity contribution in [3.8, 4) is 11.5 Å². The number of anilines is 1. The first-order valence-electron chi connectivity index (χ1n) is 5.05. The minimum Gasteiger partial charge on any atom is -0.456 e. The predicted molar refractivity (Wildman–Crippen MR) is 74.8 cm³/mol. The highest BCUT2D eigenvalue weighted by atomic mass is 79.9. The van der Waals surface area contributed by atoms with Crippen molar-refractivity contribution in [2.45, 2.75) is 6.92 Å². The van der Waals surface area contributed by atoms with Crippen molar-refractivity contribution in [3.63, 3.8) is 0 Å². The Hall–Kier alpha value is -1.19. The van der Waals surface area contributed by atoms with E-state index < -0.39 is 0 Å². The molecule has 0 fully saturated rings. The van der Waals surface area contributed by atoms with Crippen LogP contribution in [0.5, 0.6) is 11.5 Å². The molecule has 0 unspecified atom stereocenters. The largest absolute Gasteiger partial charge is 0.456 e. The zero-order valence-electron chi connectivity index (χ0n) is 9.21. The molecule has 0 aliphatic heterocycles. The lowest BCUT2D eigenvalue weighted by Gasteiger charge is -2.10. The summed E-state index contributed by atoms with van der Waals surface area (Å²) in [7, 11) is 0. The molecule has 88 valence electrons. The van der Waals surface area contributed by atoms with Gasteiger partial charge in [-0.3, -0.25) is 0 Å². The normalized spacial score (nSPS) is 10.3. The highest BCUT2D eigenvalue weighted by Crippen LogP contribution is 2.33. The number of aryl methyl sites for hydroxylation is 1. The van der Waals surface area contributed by atoms with Gasteiger partial charge in [0.2, 0.25) is 0 Å². The molecule has 2 aromatic carbocycles. The van der Waals surface area contributed by atoms with Gasteiger partial charge < -0.3 is 10.5 Å². The van der Waals surface area contributed by atoms with E-state index in [0.29, 0.717) is 16.5 Å². The molecule has 0 heterocycles. The molecule has 4 heteroatoms. The van der Waals surface area contributed by atoms with Crippen molar-refractivity contribution in [2.24, 2.45) is 0 Å². The second-order valence-corrected chi connectivity index (χ2v) is 5.02. The Morgan fingerprint density at radius 2 is 1.82 bits per heavy atom. The van der Waals surface area contributed by atoms with Crippen molar-refractivity contribution in [1.82, 2.24) is 0 Å². The quantitative estimate of drug-likeness (QED) is 0.810. The maximum atomic E-state index is 6.05. The fraction of sp³-hybridized carbons (Fsp3) is 0.0769. The Kier molecular flexibility index (Phi) is 3.60. The molecule has 0 aromatic heterocycles. The second kappa shape index (κ2) is 4.98. The predicted octanol–water partition coefficient (Wildman–Crippen LogP) is 4.79. The first-order valence-corrected chi connectivity index (χ1v) is 6.22. The number of rotatable bonds is 2. The monoisotopic (exact) mass is 311 g/mol. The van der Waals surface area contributed by atoms with Crippen molar-refractivity contribution in [2.75, 3.05) is 5.73 Å². The molecule has 0 amide bonds. The average Bonchev–Trinajstić information content (AvgIpc) is 2.25. The summed E-state index contributed by atoms with van der Waals surface area (Å²) in [6, 6.07) is 11.0. The fourth-order valence-electron chi connectivity index (χ4n) is 1.45. The van der Waals surface area contributed by atoms with Crippen molar-refractivity contribution >= 4 is 33.2 Å². The minimum atomic E-state index is 0.507. The smallest absolute Gasteiger partial charge is 0.146 e. The lowest BCUT2D eigenvalue weighted by atomic mass is 10.2. The van der Waals surface area contributed by atoms with E-state index in [1.54, 1.807) is 18.2 Å². The molecule has 2 rings (SSSR count). The molecule has 2 N–H and O–H groups in total. The molecule has 2 nitrogen and oxygen atoms in total. The van der Waals surface area contributed by atoms with Crippen LogP contribution in [0.2, 0.25) is 5.02 Å². The molecule has 0 bridgehead atoms. The summed E-state index contributed by atoms with van der Waals surface area (Å²) in [5.41, 5.74) is 7.28. The highest BCUT2D eigenvalue weighted by Gasteiger charge is 2.06. The molecule has 0 atom stereocenters. The molecule has 0 aliphatic carbocycles. The maximum Gasteiger partial charge on any atom is 0.146 e. The van der Waals surface area contributed by atoms with Crippen LogP contribution >= 0.6 is 27.5 Å². The van der Waals surface area contributed by atoms with Gasteiger partial charge in [-0.15, -0.1) is 0 Å². The van der Waals surface area contributed by atoms with Gasteiger partial charge >= 0.3 is 0 Å². The number of ether oxygens (including phenoxy) is 1. The molecular formula is C13H11BrClNO. The van der Waals surface area contributed by atoms with Crippen LogP contribution in [0.15, 0.2) is 40.9 Å². The summed E-state index contributed by atoms with van der Waals surface area (Å²) in [6.07, 6.45) is 0. The summed E-state index contributed by atoms with van der Waals surface area (Å²) >= 11 is 9.46. The van der Waals surface area contributed by atoms with Gasteiger partial charge in [-0.2, -0.15) is 0 Å². The lowest BCUT2D eigenvalue weighted by Crippen LogP contribution is -1.90. The summed E-state index contributed by atoms with van der Waals surface area (Å²) in [5.74, 6) is 1.38. The standard InChI is InChI=1S/C13H11BrClNO/c1-8-6-9(14)2-4-12(8)17-13-5-3-10(16)7-11(13)15/h2-7H,16H2,1H3. The van der Waals surface area contributed by atoms with Gasteiger partial charge in [0.05, 0.1) is 5.02 Å². The molecule has 2 aromatic rings. The first-order chi connectivity index (χ1) is 8.06. The molecular weight excluding hydrogens is 302 g/mol. The Morgan fingerprint density at radius 3 is 2.47 bits per heavy atom. The third-order valence-corrected chi connectivity index (χ3v) is 3.10. The van der Waals surface area contributed by atoms with Crippen LogP contribution in [0.4, 0.5) is 5.69 Å². The maximum absolute atomic E-state index is 6.05. The van der Waals surface area contributed by atoms with Crippen molar-refractivity contribution in [3.05, 3.63) is 51.5 Å². The second-order valence-electron chi connectivity index (χ2n) is 3.70. The van der Waals surface area contributed by atoms with Crippen LogP contribution in [-0.4, -0.2) is 0 Å². The summed E-state index contributed by atoms with van der Waals surface area (Å²) in [4.78, 5) is 0. The Balaban J connectivity index is 2.31. The van der Waals surface area contributed by atoms with Gasteiger partial charge in [-0.1, -0.05) is 27.5 Å². The molecule has 0 saturated carbocycles. The molecule has 0 saturated heterocycles. The average molecular weight is 313 g/mol. The lowest BCUT2D eigenvalue weighted by molar-refractivity contribution is 0.479. The van der Waals surface area contributed by atoms with Crippen LogP contribution in [0, 0.1) is 6.92 Å². The van der Waals surface area contributed by atoms with Gasteiger partial charge in [-0.05, 0) is 48.9 Å². The zero-order valence-corrected chi connectivity index (χ0v) is 11.5. The summed E-state index contributed by atoms with van der Waals surface area (Å²) in [5, 5.41) is 0.507. The fourth-order valence-corrected chi connectivity index (χ4v) is 2.15. The van der Waals surface area contributed by atoms with E-state index in [9.17, 15) is 0 Å². The van der Waals surface area contributed by atoms with Gasteiger partial charge in [0.1, 0.15) is 11.5 Å². The number of benzene rings is 2. The minimum absolute atomic E-state index is 0.507. The Bertz CT molecular complexity index is 508. The van der Waals surface area contributed by atoms with Gasteiger partial charge in [-0.25, -0.2) is 0 Å². The number of hydrogen-bond acceptors (Lipinski definition) is 2. The van der Waals surface area contributed by atoms with E-state index in [1.807, 2.05) is 25.1 Å². The Labute approximate surface area is 113 Å². The van der Waals surface area contributed by atoms with E-state index in [1.165, 1.54) is 0 Å². The van der Waals surface area contributed by atoms with E-state index in [2.05, 4.69) is 15.9 Å². The van der Waals surface area contributed by atoms with E-state index in [0.717, 1.165) is 15.8 Å². The van der Waals surface area contributed by atoms with Crippen molar-refractivity contribution in [1.29, 1.82) is 0 Å². The zero-order chi connectivity index (χ0) is 12.4. The third kappa shape index (κ3) is 2.93.